The number of hydrogen-bond acceptors (Lipinski definition) is 10. The summed E-state index contributed by atoms with van der Waals surface area (Å²) in [4.78, 5) is 51.7. The number of carboxylic acid groups (broad SMARTS) is 1. The molecule has 12 nitrogen and oxygen atoms in total. The van der Waals surface area contributed by atoms with Crippen molar-refractivity contribution < 1.29 is 46.7 Å². The molecule has 1 fully saturated rings. The Hall–Kier alpha value is -4.47. The number of rotatable bonds is 16. The number of hydrogen-bond donors (Lipinski definition) is 2. The fourth-order valence-corrected chi connectivity index (χ4v) is 11.5. The predicted molar refractivity (Wildman–Crippen MR) is 256 cm³/mol. The van der Waals surface area contributed by atoms with Crippen molar-refractivity contribution in [3.63, 3.8) is 0 Å². The fraction of sp³-hybridized carbons (Fsp3) is 0.449. The summed E-state index contributed by atoms with van der Waals surface area (Å²) in [7, 11) is -0.540. The number of thioether (sulfide) groups is 1. The van der Waals surface area contributed by atoms with Gasteiger partial charge in [0.05, 0.1) is 27.2 Å². The van der Waals surface area contributed by atoms with Gasteiger partial charge in [0.15, 0.2) is 17.1 Å². The molecule has 0 spiro atoms. The second-order valence-corrected chi connectivity index (χ2v) is 21.7. The van der Waals surface area contributed by atoms with Crippen LogP contribution in [0.3, 0.4) is 0 Å². The molecule has 3 aromatic carbocycles. The lowest BCUT2D eigenvalue weighted by molar-refractivity contribution is -0.157. The number of fused-ring (bicyclic) bond motifs is 4. The van der Waals surface area contributed by atoms with E-state index in [1.165, 1.54) is 11.8 Å². The monoisotopic (exact) mass is 965 g/mol. The molecule has 3 aliphatic heterocycles. The second kappa shape index (κ2) is 18.7. The predicted octanol–water partition coefficient (Wildman–Crippen LogP) is 8.92. The Labute approximate surface area is 394 Å². The number of likely N-dealkylation sites (N-methyl/N-ethyl adjacent to an activating group) is 2. The molecule has 0 unspecified atom stereocenters. The Kier molecular flexibility index (Phi) is 13.9. The molecule has 346 valence electrons. The van der Waals surface area contributed by atoms with Crippen LogP contribution in [0.25, 0.3) is 16.7 Å². The molecule has 0 radical (unpaired) electrons. The first kappa shape index (κ1) is 48.5. The van der Waals surface area contributed by atoms with Gasteiger partial charge in [0.1, 0.15) is 24.3 Å². The number of benzene rings is 3. The average molecular weight is 967 g/mol. The van der Waals surface area contributed by atoms with E-state index in [-0.39, 0.29) is 57.5 Å². The van der Waals surface area contributed by atoms with Gasteiger partial charge < -0.3 is 19.5 Å². The summed E-state index contributed by atoms with van der Waals surface area (Å²) in [6.45, 7) is 10.2. The Morgan fingerprint density at radius 2 is 1.57 bits per heavy atom. The number of Topliss-reactive ketones (excluding diaryl/α,β-unsaturated/α-hetero) is 2. The van der Waals surface area contributed by atoms with Crippen LogP contribution in [-0.2, 0) is 29.2 Å². The molecule has 3 heterocycles. The largest absolute Gasteiger partial charge is 0.478 e. The van der Waals surface area contributed by atoms with Crippen LogP contribution < -0.4 is 24.8 Å². The Bertz CT molecular complexity index is 2830. The van der Waals surface area contributed by atoms with Gasteiger partial charge in [-0.2, -0.15) is 8.42 Å². The molecule has 16 heteroatoms. The van der Waals surface area contributed by atoms with E-state index in [1.807, 2.05) is 57.1 Å². The van der Waals surface area contributed by atoms with E-state index in [1.54, 1.807) is 12.1 Å². The molecule has 7 rings (SSSR count). The molecule has 65 heavy (non-hydrogen) atoms. The van der Waals surface area contributed by atoms with Crippen LogP contribution in [0.1, 0.15) is 131 Å². The maximum Gasteiger partial charge on any atom is 0.337 e. The number of allylic oxidation sites excluding steroid dienone is 1. The molecule has 0 bridgehead atoms. The Morgan fingerprint density at radius 1 is 0.908 bits per heavy atom. The highest BCUT2D eigenvalue weighted by Crippen LogP contribution is 2.49. The van der Waals surface area contributed by atoms with Gasteiger partial charge in [-0.1, -0.05) is 61.9 Å². The normalized spacial score (nSPS) is 17.5. The van der Waals surface area contributed by atoms with E-state index >= 15 is 0 Å². The first-order chi connectivity index (χ1) is 30.5. The molecule has 4 aliphatic rings. The van der Waals surface area contributed by atoms with Crippen LogP contribution in [0.4, 0.5) is 5.69 Å². The van der Waals surface area contributed by atoms with Gasteiger partial charge in [0.25, 0.3) is 10.1 Å². The van der Waals surface area contributed by atoms with Gasteiger partial charge in [-0.25, -0.2) is 9.37 Å². The lowest BCUT2D eigenvalue weighted by Crippen LogP contribution is -2.47. The summed E-state index contributed by atoms with van der Waals surface area (Å²) in [5, 5.41) is 12.6. The SMILES string of the molecule is CCC1=CC(C)(C)[N+](C)=c2cc3c(cc21)=C(c1c(Cl)c(SCCCCCCCCC(=O)OC2C(=O)CCC2=O)cc(Cl)c1C(=O)O)c1cc2c(cc1O3)N(C)C(C)(C)C=C2CS(=O)(=O)O. The highest BCUT2D eigenvalue weighted by Gasteiger charge is 2.39. The number of ether oxygens (including phenoxy) is 2. The third kappa shape index (κ3) is 9.84. The first-order valence-corrected chi connectivity index (χ1v) is 25.3. The van der Waals surface area contributed by atoms with E-state index in [0.717, 1.165) is 55.0 Å². The Morgan fingerprint density at radius 3 is 2.22 bits per heavy atom. The highest BCUT2D eigenvalue weighted by molar-refractivity contribution is 7.99. The van der Waals surface area contributed by atoms with Crippen LogP contribution in [0.5, 0.6) is 11.5 Å². The van der Waals surface area contributed by atoms with Crippen molar-refractivity contribution in [2.75, 3.05) is 30.5 Å². The van der Waals surface area contributed by atoms with Gasteiger partial charge in [-0.15, -0.1) is 11.8 Å². The molecule has 0 amide bonds. The number of carbonyl (C=O) groups is 4. The summed E-state index contributed by atoms with van der Waals surface area (Å²) in [5.41, 5.74) is 3.63. The first-order valence-electron chi connectivity index (χ1n) is 21.9. The number of unbranched alkanes of at least 4 members (excludes halogenated alkanes) is 5. The van der Waals surface area contributed by atoms with E-state index in [2.05, 4.69) is 31.4 Å². The minimum absolute atomic E-state index is 0.00155. The van der Waals surface area contributed by atoms with Crippen LogP contribution in [0.2, 0.25) is 10.0 Å². The van der Waals surface area contributed by atoms with Crippen molar-refractivity contribution in [2.45, 2.75) is 121 Å². The van der Waals surface area contributed by atoms with E-state index in [9.17, 15) is 37.3 Å². The number of anilines is 1. The second-order valence-electron chi connectivity index (χ2n) is 18.3. The van der Waals surface area contributed by atoms with Crippen LogP contribution in [0.15, 0.2) is 47.4 Å². The van der Waals surface area contributed by atoms with Crippen LogP contribution in [-0.4, -0.2) is 84.4 Å². The molecule has 1 aliphatic carbocycles. The molecule has 2 N–H and O–H groups in total. The fourth-order valence-electron chi connectivity index (χ4n) is 9.15. The van der Waals surface area contributed by atoms with Gasteiger partial charge >= 0.3 is 11.9 Å². The number of nitrogens with zero attached hydrogens (tertiary/aromatic N) is 2. The molecule has 0 atom stereocenters. The summed E-state index contributed by atoms with van der Waals surface area (Å²) in [5.74, 6) is -1.57. The molecule has 0 aromatic heterocycles. The minimum atomic E-state index is -4.46. The average Bonchev–Trinajstić information content (AvgIpc) is 3.54. The molecule has 0 saturated heterocycles. The topological polar surface area (TPSA) is 168 Å². The number of esters is 1. The van der Waals surface area contributed by atoms with Crippen molar-refractivity contribution in [2.24, 2.45) is 0 Å². The standard InChI is InChI=1S/C49H54Cl2N2O10S2/c1-8-27-24-48(2,3)52(6)34-22-38-31(19-29(27)34)42(32-20-30-28(26-65(59,60)61)25-49(4,5)53(7)35(30)23-39(32)62-38)44-43(47(57)58)33(50)21-40(45(44)51)64-18-14-12-10-9-11-13-15-41(56)63-46-36(54)16-17-37(46)55/h19-25,46H,8-18,26H2,1-7H3,(H-,57,58,59,60,61)/p+1. The number of carbonyl (C=O) groups excluding carboxylic acids is 3. The third-order valence-electron chi connectivity index (χ3n) is 13.0. The molecule has 3 aromatic rings. The van der Waals surface area contributed by atoms with Crippen molar-refractivity contribution in [3.05, 3.63) is 90.9 Å². The lowest BCUT2D eigenvalue weighted by Gasteiger charge is -2.41. The number of halogens is 2. The highest BCUT2D eigenvalue weighted by atomic mass is 35.5. The summed E-state index contributed by atoms with van der Waals surface area (Å²) in [6.07, 6.45) is 8.81. The molecular formula is C49H55Cl2N2O10S2+. The zero-order chi connectivity index (χ0) is 47.3. The van der Waals surface area contributed by atoms with E-state index in [0.29, 0.717) is 61.7 Å². The Balaban J connectivity index is 1.25. The van der Waals surface area contributed by atoms with Gasteiger partial charge in [0.2, 0.25) is 11.5 Å². The van der Waals surface area contributed by atoms with Crippen molar-refractivity contribution in [1.29, 1.82) is 0 Å². The summed E-state index contributed by atoms with van der Waals surface area (Å²) < 4.78 is 49.1. The van der Waals surface area contributed by atoms with Gasteiger partial charge in [-0.05, 0) is 74.3 Å². The number of carboxylic acids is 1. The van der Waals surface area contributed by atoms with Crippen LogP contribution in [0, 0.1) is 0 Å². The number of ketones is 2. The van der Waals surface area contributed by atoms with Crippen molar-refractivity contribution in [1.82, 2.24) is 4.58 Å². The molecule has 1 saturated carbocycles. The summed E-state index contributed by atoms with van der Waals surface area (Å²) in [6, 6.07) is 9.22. The van der Waals surface area contributed by atoms with Gasteiger partial charge in [-0.3, -0.25) is 18.9 Å². The number of aromatic carboxylic acids is 1. The molecular weight excluding hydrogens is 912 g/mol. The zero-order valence-corrected chi connectivity index (χ0v) is 40.9. The lowest BCUT2D eigenvalue weighted by atomic mass is 9.83. The minimum Gasteiger partial charge on any atom is -0.478 e. The van der Waals surface area contributed by atoms with Crippen molar-refractivity contribution >= 4 is 91.0 Å². The van der Waals surface area contributed by atoms with Crippen LogP contribution >= 0.6 is 35.0 Å². The smallest absolute Gasteiger partial charge is 0.337 e. The quantitative estimate of drug-likeness (QED) is 0.0274. The zero-order valence-electron chi connectivity index (χ0n) is 37.7. The van der Waals surface area contributed by atoms with Crippen molar-refractivity contribution in [3.8, 4) is 11.5 Å². The maximum absolute atomic E-state index is 13.3. The maximum atomic E-state index is 13.3. The summed E-state index contributed by atoms with van der Waals surface area (Å²) >= 11 is 15.9. The van der Waals surface area contributed by atoms with E-state index in [4.69, 9.17) is 32.7 Å². The third-order valence-corrected chi connectivity index (χ3v) is 15.6. The van der Waals surface area contributed by atoms with E-state index < -0.39 is 39.5 Å². The van der Waals surface area contributed by atoms with Gasteiger partial charge in [0, 0.05) is 89.9 Å².